The maximum atomic E-state index is 11.7. The van der Waals surface area contributed by atoms with Crippen LogP contribution in [0, 0.1) is 0 Å². The predicted molar refractivity (Wildman–Crippen MR) is 96.7 cm³/mol. The monoisotopic (exact) mass is 366 g/mol. The summed E-state index contributed by atoms with van der Waals surface area (Å²) in [5.41, 5.74) is 1.32. The van der Waals surface area contributed by atoms with Crippen molar-refractivity contribution < 1.29 is 23.5 Å². The quantitative estimate of drug-likeness (QED) is 0.616. The molecule has 1 heterocycles. The van der Waals surface area contributed by atoms with Gasteiger partial charge in [0.15, 0.2) is 6.61 Å². The Balaban J connectivity index is 1.37. The molecule has 7 heteroatoms. The molecule has 0 atom stereocenters. The van der Waals surface area contributed by atoms with Crippen molar-refractivity contribution in [2.45, 2.75) is 6.61 Å². The highest BCUT2D eigenvalue weighted by Gasteiger charge is 2.10. The Labute approximate surface area is 155 Å². The van der Waals surface area contributed by atoms with Gasteiger partial charge in [-0.15, -0.1) is 0 Å². The van der Waals surface area contributed by atoms with Crippen molar-refractivity contribution in [1.29, 1.82) is 0 Å². The standard InChI is InChI=1S/C20H18N2O5/c23-18(14-25-17-9-5-2-6-10-17)21-11-19(24)26-12-16-13-27-20(22-16)15-7-3-1-4-8-15/h1-10,13H,11-12,14H2,(H,21,23). The van der Waals surface area contributed by atoms with Crippen molar-refractivity contribution >= 4 is 11.9 Å². The molecule has 27 heavy (non-hydrogen) atoms. The normalized spacial score (nSPS) is 10.2. The van der Waals surface area contributed by atoms with Crippen LogP contribution in [0.2, 0.25) is 0 Å². The van der Waals surface area contributed by atoms with E-state index >= 15 is 0 Å². The number of nitrogens with one attached hydrogen (secondary N) is 1. The van der Waals surface area contributed by atoms with E-state index in [1.807, 2.05) is 36.4 Å². The molecule has 7 nitrogen and oxygen atoms in total. The minimum Gasteiger partial charge on any atom is -0.484 e. The number of amides is 1. The fraction of sp³-hybridized carbons (Fsp3) is 0.150. The summed E-state index contributed by atoms with van der Waals surface area (Å²) in [5.74, 6) is 0.0411. The molecule has 0 spiro atoms. The Morgan fingerprint density at radius 1 is 1.00 bits per heavy atom. The fourth-order valence-electron chi connectivity index (χ4n) is 2.18. The minimum atomic E-state index is -0.577. The molecule has 3 aromatic rings. The van der Waals surface area contributed by atoms with Gasteiger partial charge in [0.25, 0.3) is 5.91 Å². The van der Waals surface area contributed by atoms with E-state index in [4.69, 9.17) is 13.9 Å². The summed E-state index contributed by atoms with van der Waals surface area (Å²) in [5, 5.41) is 2.44. The average Bonchev–Trinajstić information content (AvgIpc) is 3.20. The maximum absolute atomic E-state index is 11.7. The number of hydrogen-bond acceptors (Lipinski definition) is 6. The number of rotatable bonds is 8. The molecule has 1 amide bonds. The van der Waals surface area contributed by atoms with Crippen LogP contribution in [0.1, 0.15) is 5.69 Å². The Hall–Kier alpha value is -3.61. The molecule has 1 N–H and O–H groups in total. The van der Waals surface area contributed by atoms with Gasteiger partial charge >= 0.3 is 5.97 Å². The summed E-state index contributed by atoms with van der Waals surface area (Å²) in [6.07, 6.45) is 1.43. The Kier molecular flexibility index (Phi) is 6.19. The SMILES string of the molecule is O=C(COc1ccccc1)NCC(=O)OCc1coc(-c2ccccc2)n1. The molecule has 0 saturated heterocycles. The number of carbonyl (C=O) groups excluding carboxylic acids is 2. The van der Waals surface area contributed by atoms with E-state index < -0.39 is 11.9 Å². The highest BCUT2D eigenvalue weighted by atomic mass is 16.5. The summed E-state index contributed by atoms with van der Waals surface area (Å²) >= 11 is 0. The number of carbonyl (C=O) groups is 2. The lowest BCUT2D eigenvalue weighted by atomic mass is 10.2. The summed E-state index contributed by atoms with van der Waals surface area (Å²) in [6.45, 7) is -0.465. The van der Waals surface area contributed by atoms with Gasteiger partial charge in [0.05, 0.1) is 0 Å². The first-order valence-corrected chi connectivity index (χ1v) is 8.31. The van der Waals surface area contributed by atoms with Crippen LogP contribution in [0.4, 0.5) is 0 Å². The van der Waals surface area contributed by atoms with E-state index in [2.05, 4.69) is 10.3 Å². The number of hydrogen-bond donors (Lipinski definition) is 1. The number of esters is 1. The molecule has 0 aliphatic heterocycles. The van der Waals surface area contributed by atoms with Crippen LogP contribution in [0.15, 0.2) is 71.3 Å². The van der Waals surface area contributed by atoms with Crippen LogP contribution in [-0.4, -0.2) is 30.0 Å². The van der Waals surface area contributed by atoms with Crippen molar-refractivity contribution in [3.8, 4) is 17.2 Å². The molecule has 0 aliphatic carbocycles. The molecule has 0 aliphatic rings. The van der Waals surface area contributed by atoms with E-state index in [1.54, 1.807) is 24.3 Å². The van der Waals surface area contributed by atoms with Crippen LogP contribution in [-0.2, 0) is 20.9 Å². The highest BCUT2D eigenvalue weighted by molar-refractivity contribution is 5.82. The molecule has 1 aromatic heterocycles. The second-order valence-corrected chi connectivity index (χ2v) is 5.55. The summed E-state index contributed by atoms with van der Waals surface area (Å²) in [4.78, 5) is 27.7. The van der Waals surface area contributed by atoms with Gasteiger partial charge in [-0.1, -0.05) is 36.4 Å². The van der Waals surface area contributed by atoms with Crippen molar-refractivity contribution in [3.63, 3.8) is 0 Å². The van der Waals surface area contributed by atoms with E-state index in [0.29, 0.717) is 17.3 Å². The Morgan fingerprint density at radius 2 is 1.70 bits per heavy atom. The van der Waals surface area contributed by atoms with Gasteiger partial charge in [0.2, 0.25) is 5.89 Å². The third-order valence-electron chi connectivity index (χ3n) is 3.50. The fourth-order valence-corrected chi connectivity index (χ4v) is 2.18. The third-order valence-corrected chi connectivity index (χ3v) is 3.50. The number of aromatic nitrogens is 1. The van der Waals surface area contributed by atoms with Crippen LogP contribution in [0.3, 0.4) is 0 Å². The molecular weight excluding hydrogens is 348 g/mol. The molecule has 138 valence electrons. The lowest BCUT2D eigenvalue weighted by Crippen LogP contribution is -2.34. The highest BCUT2D eigenvalue weighted by Crippen LogP contribution is 2.18. The van der Waals surface area contributed by atoms with Crippen molar-refractivity contribution in [1.82, 2.24) is 10.3 Å². The Bertz CT molecular complexity index is 878. The third kappa shape index (κ3) is 5.71. The molecule has 0 saturated carbocycles. The van der Waals surface area contributed by atoms with E-state index in [1.165, 1.54) is 6.26 Å². The zero-order chi connectivity index (χ0) is 18.9. The maximum Gasteiger partial charge on any atom is 0.325 e. The second kappa shape index (κ2) is 9.19. The van der Waals surface area contributed by atoms with E-state index in [0.717, 1.165) is 5.56 Å². The number of para-hydroxylation sites is 1. The first kappa shape index (κ1) is 18.2. The lowest BCUT2D eigenvalue weighted by molar-refractivity contribution is -0.145. The number of ether oxygens (including phenoxy) is 2. The van der Waals surface area contributed by atoms with Gasteiger partial charge in [0.1, 0.15) is 30.9 Å². The molecule has 0 radical (unpaired) electrons. The topological polar surface area (TPSA) is 90.7 Å². The largest absolute Gasteiger partial charge is 0.484 e. The van der Waals surface area contributed by atoms with Gasteiger partial charge in [-0.3, -0.25) is 9.59 Å². The predicted octanol–water partition coefficient (Wildman–Crippen LogP) is 2.58. The smallest absolute Gasteiger partial charge is 0.325 e. The second-order valence-electron chi connectivity index (χ2n) is 5.55. The molecule has 3 rings (SSSR count). The lowest BCUT2D eigenvalue weighted by Gasteiger charge is -2.07. The summed E-state index contributed by atoms with van der Waals surface area (Å²) in [7, 11) is 0. The van der Waals surface area contributed by atoms with Crippen LogP contribution >= 0.6 is 0 Å². The average molecular weight is 366 g/mol. The van der Waals surface area contributed by atoms with Crippen LogP contribution in [0.25, 0.3) is 11.5 Å². The molecular formula is C20H18N2O5. The number of nitrogens with zero attached hydrogens (tertiary/aromatic N) is 1. The van der Waals surface area contributed by atoms with Crippen molar-refractivity contribution in [2.24, 2.45) is 0 Å². The van der Waals surface area contributed by atoms with E-state index in [9.17, 15) is 9.59 Å². The van der Waals surface area contributed by atoms with E-state index in [-0.39, 0.29) is 19.8 Å². The van der Waals surface area contributed by atoms with Gasteiger partial charge < -0.3 is 19.2 Å². The van der Waals surface area contributed by atoms with Crippen LogP contribution < -0.4 is 10.1 Å². The molecule has 2 aromatic carbocycles. The van der Waals surface area contributed by atoms with Gasteiger partial charge in [-0.25, -0.2) is 4.98 Å². The first-order chi connectivity index (χ1) is 13.2. The van der Waals surface area contributed by atoms with Gasteiger partial charge in [-0.2, -0.15) is 0 Å². The van der Waals surface area contributed by atoms with Gasteiger partial charge in [0, 0.05) is 5.56 Å². The summed E-state index contributed by atoms with van der Waals surface area (Å²) < 4.78 is 15.7. The molecule has 0 unspecified atom stereocenters. The Morgan fingerprint density at radius 3 is 2.44 bits per heavy atom. The first-order valence-electron chi connectivity index (χ1n) is 8.31. The zero-order valence-electron chi connectivity index (χ0n) is 14.5. The molecule has 0 fully saturated rings. The number of oxazole rings is 1. The zero-order valence-corrected chi connectivity index (χ0v) is 14.5. The summed E-state index contributed by atoms with van der Waals surface area (Å²) in [6, 6.07) is 18.3. The molecule has 0 bridgehead atoms. The van der Waals surface area contributed by atoms with Crippen molar-refractivity contribution in [2.75, 3.05) is 13.2 Å². The number of benzene rings is 2. The van der Waals surface area contributed by atoms with Crippen LogP contribution in [0.5, 0.6) is 5.75 Å². The minimum absolute atomic E-state index is 0.0362. The van der Waals surface area contributed by atoms with Crippen molar-refractivity contribution in [3.05, 3.63) is 72.6 Å². The van der Waals surface area contributed by atoms with Gasteiger partial charge in [-0.05, 0) is 24.3 Å².